The number of hydrogen-bond donors (Lipinski definition) is 1. The first-order valence-corrected chi connectivity index (χ1v) is 7.12. The van der Waals surface area contributed by atoms with Crippen LogP contribution in [0.2, 0.25) is 0 Å². The van der Waals surface area contributed by atoms with Crippen molar-refractivity contribution >= 4 is 0 Å². The summed E-state index contributed by atoms with van der Waals surface area (Å²) >= 11 is 0. The van der Waals surface area contributed by atoms with E-state index in [-0.39, 0.29) is 12.0 Å². The smallest absolute Gasteiger partial charge is 0.127 e. The van der Waals surface area contributed by atoms with Crippen molar-refractivity contribution < 1.29 is 9.84 Å². The van der Waals surface area contributed by atoms with Gasteiger partial charge in [-0.15, -0.1) is 0 Å². The zero-order chi connectivity index (χ0) is 14.0. The van der Waals surface area contributed by atoms with Crippen LogP contribution >= 0.6 is 0 Å². The molecule has 2 aromatic rings. The highest BCUT2D eigenvalue weighted by atomic mass is 16.5. The van der Waals surface area contributed by atoms with Crippen molar-refractivity contribution in [3.8, 4) is 11.5 Å². The number of rotatable bonds is 4. The normalized spacial score (nSPS) is 25.0. The van der Waals surface area contributed by atoms with Crippen LogP contribution in [0.4, 0.5) is 0 Å². The van der Waals surface area contributed by atoms with Crippen LogP contribution in [0.25, 0.3) is 0 Å². The van der Waals surface area contributed by atoms with E-state index in [0.29, 0.717) is 5.92 Å². The zero-order valence-electron chi connectivity index (χ0n) is 11.8. The SMILES string of the molecule is CC1(CO)CC(c2cccc(Oc3ccccc3)c2)C1. The lowest BCUT2D eigenvalue weighted by Crippen LogP contribution is -2.36. The van der Waals surface area contributed by atoms with Crippen molar-refractivity contribution in [2.75, 3.05) is 6.61 Å². The Morgan fingerprint density at radius 2 is 1.75 bits per heavy atom. The summed E-state index contributed by atoms with van der Waals surface area (Å²) in [7, 11) is 0. The van der Waals surface area contributed by atoms with Gasteiger partial charge in [0.1, 0.15) is 11.5 Å². The second-order valence-corrected chi connectivity index (χ2v) is 6.06. The van der Waals surface area contributed by atoms with Crippen molar-refractivity contribution in [1.29, 1.82) is 0 Å². The summed E-state index contributed by atoms with van der Waals surface area (Å²) in [6.45, 7) is 2.43. The van der Waals surface area contributed by atoms with Crippen LogP contribution < -0.4 is 4.74 Å². The van der Waals surface area contributed by atoms with Crippen LogP contribution in [0.15, 0.2) is 54.6 Å². The number of aliphatic hydroxyl groups excluding tert-OH is 1. The minimum Gasteiger partial charge on any atom is -0.457 e. The Labute approximate surface area is 120 Å². The molecule has 0 amide bonds. The molecule has 0 unspecified atom stereocenters. The predicted octanol–water partition coefficient (Wildman–Crippen LogP) is 4.35. The fourth-order valence-electron chi connectivity index (χ4n) is 2.95. The Kier molecular flexibility index (Phi) is 3.49. The Morgan fingerprint density at radius 3 is 2.45 bits per heavy atom. The molecule has 0 aliphatic heterocycles. The lowest BCUT2D eigenvalue weighted by atomic mass is 9.61. The number of aliphatic hydroxyl groups is 1. The van der Waals surface area contributed by atoms with Gasteiger partial charge in [-0.25, -0.2) is 0 Å². The molecule has 0 bridgehead atoms. The van der Waals surface area contributed by atoms with Gasteiger partial charge in [0.05, 0.1) is 0 Å². The van der Waals surface area contributed by atoms with E-state index in [1.807, 2.05) is 42.5 Å². The molecule has 0 atom stereocenters. The average Bonchev–Trinajstić information content (AvgIpc) is 2.45. The third-order valence-corrected chi connectivity index (χ3v) is 4.17. The van der Waals surface area contributed by atoms with Crippen molar-refractivity contribution in [2.24, 2.45) is 5.41 Å². The third kappa shape index (κ3) is 2.70. The lowest BCUT2D eigenvalue weighted by molar-refractivity contribution is 0.0434. The molecule has 2 aromatic carbocycles. The fraction of sp³-hybridized carbons (Fsp3) is 0.333. The molecule has 104 valence electrons. The number of para-hydroxylation sites is 1. The largest absolute Gasteiger partial charge is 0.457 e. The van der Waals surface area contributed by atoms with Gasteiger partial charge in [0.15, 0.2) is 0 Å². The van der Waals surface area contributed by atoms with Crippen LogP contribution in [0.1, 0.15) is 31.2 Å². The number of benzene rings is 2. The zero-order valence-corrected chi connectivity index (χ0v) is 11.8. The molecule has 0 heterocycles. The minimum atomic E-state index is 0.112. The molecule has 0 saturated heterocycles. The Morgan fingerprint density at radius 1 is 1.05 bits per heavy atom. The van der Waals surface area contributed by atoms with E-state index in [4.69, 9.17) is 4.74 Å². The van der Waals surface area contributed by atoms with Crippen molar-refractivity contribution in [2.45, 2.75) is 25.7 Å². The molecule has 0 aromatic heterocycles. The van der Waals surface area contributed by atoms with Gasteiger partial charge in [0.2, 0.25) is 0 Å². The van der Waals surface area contributed by atoms with Gasteiger partial charge in [-0.1, -0.05) is 37.3 Å². The molecule has 0 radical (unpaired) electrons. The van der Waals surface area contributed by atoms with Crippen LogP contribution in [0, 0.1) is 5.41 Å². The van der Waals surface area contributed by atoms with Crippen LogP contribution in [-0.2, 0) is 0 Å². The summed E-state index contributed by atoms with van der Waals surface area (Å²) < 4.78 is 5.87. The highest BCUT2D eigenvalue weighted by molar-refractivity contribution is 5.36. The molecular weight excluding hydrogens is 248 g/mol. The van der Waals surface area contributed by atoms with Gasteiger partial charge < -0.3 is 9.84 Å². The average molecular weight is 268 g/mol. The highest BCUT2D eigenvalue weighted by Gasteiger charge is 2.40. The standard InChI is InChI=1S/C18H20O2/c1-18(13-19)11-15(12-18)14-6-5-9-17(10-14)20-16-7-3-2-4-8-16/h2-10,15,19H,11-13H2,1H3. The highest BCUT2D eigenvalue weighted by Crippen LogP contribution is 2.50. The molecule has 1 fully saturated rings. The Bertz CT molecular complexity index is 571. The first kappa shape index (κ1) is 13.2. The molecule has 0 spiro atoms. The predicted molar refractivity (Wildman–Crippen MR) is 80.1 cm³/mol. The molecule has 1 aliphatic rings. The van der Waals surface area contributed by atoms with Crippen molar-refractivity contribution in [1.82, 2.24) is 0 Å². The van der Waals surface area contributed by atoms with Crippen LogP contribution in [0.3, 0.4) is 0 Å². The van der Waals surface area contributed by atoms with Gasteiger partial charge >= 0.3 is 0 Å². The molecule has 2 nitrogen and oxygen atoms in total. The second-order valence-electron chi connectivity index (χ2n) is 6.06. The summed E-state index contributed by atoms with van der Waals surface area (Å²) in [5.74, 6) is 2.29. The number of ether oxygens (including phenoxy) is 1. The van der Waals surface area contributed by atoms with Gasteiger partial charge in [-0.05, 0) is 54.0 Å². The van der Waals surface area contributed by atoms with E-state index in [1.165, 1.54) is 5.56 Å². The minimum absolute atomic E-state index is 0.112. The summed E-state index contributed by atoms with van der Waals surface area (Å²) in [5.41, 5.74) is 1.42. The maximum Gasteiger partial charge on any atom is 0.127 e. The van der Waals surface area contributed by atoms with Gasteiger partial charge in [0.25, 0.3) is 0 Å². The van der Waals surface area contributed by atoms with Gasteiger partial charge in [0, 0.05) is 6.61 Å². The third-order valence-electron chi connectivity index (χ3n) is 4.17. The number of hydrogen-bond acceptors (Lipinski definition) is 2. The monoisotopic (exact) mass is 268 g/mol. The van der Waals surface area contributed by atoms with E-state index < -0.39 is 0 Å². The molecular formula is C18H20O2. The summed E-state index contributed by atoms with van der Waals surface area (Å²) in [6, 6.07) is 18.1. The summed E-state index contributed by atoms with van der Waals surface area (Å²) in [6.07, 6.45) is 2.11. The van der Waals surface area contributed by atoms with Gasteiger partial charge in [-0.2, -0.15) is 0 Å². The molecule has 3 rings (SSSR count). The molecule has 1 N–H and O–H groups in total. The molecule has 1 aliphatic carbocycles. The maximum atomic E-state index is 9.33. The van der Waals surface area contributed by atoms with E-state index in [9.17, 15) is 5.11 Å². The lowest BCUT2D eigenvalue weighted by Gasteiger charge is -2.44. The van der Waals surface area contributed by atoms with Crippen LogP contribution in [0.5, 0.6) is 11.5 Å². The summed E-state index contributed by atoms with van der Waals surface area (Å²) in [4.78, 5) is 0. The summed E-state index contributed by atoms with van der Waals surface area (Å²) in [5, 5.41) is 9.33. The fourth-order valence-corrected chi connectivity index (χ4v) is 2.95. The van der Waals surface area contributed by atoms with E-state index in [0.717, 1.165) is 24.3 Å². The van der Waals surface area contributed by atoms with Crippen molar-refractivity contribution in [3.63, 3.8) is 0 Å². The quantitative estimate of drug-likeness (QED) is 0.893. The van der Waals surface area contributed by atoms with Crippen LogP contribution in [-0.4, -0.2) is 11.7 Å². The van der Waals surface area contributed by atoms with E-state index >= 15 is 0 Å². The molecule has 20 heavy (non-hydrogen) atoms. The van der Waals surface area contributed by atoms with E-state index in [2.05, 4.69) is 19.1 Å². The molecule has 2 heteroatoms. The van der Waals surface area contributed by atoms with Crippen molar-refractivity contribution in [3.05, 3.63) is 60.2 Å². The second kappa shape index (κ2) is 5.29. The van der Waals surface area contributed by atoms with E-state index in [1.54, 1.807) is 0 Å². The Hall–Kier alpha value is -1.80. The topological polar surface area (TPSA) is 29.5 Å². The maximum absolute atomic E-state index is 9.33. The first-order chi connectivity index (χ1) is 9.68. The molecule has 1 saturated carbocycles. The Balaban J connectivity index is 1.71. The first-order valence-electron chi connectivity index (χ1n) is 7.12. The van der Waals surface area contributed by atoms with Gasteiger partial charge in [-0.3, -0.25) is 0 Å².